The number of carboxylic acid groups (broad SMARTS) is 1. The van der Waals surface area contributed by atoms with Crippen molar-refractivity contribution in [2.45, 2.75) is 32.1 Å². The first-order chi connectivity index (χ1) is 19.6. The number of carbonyl (C=O) groups is 3. The number of aryl methyl sites for hydroxylation is 1. The number of aliphatic carboxylic acids is 1. The molecule has 0 aliphatic carbocycles. The SMILES string of the molecule is CN(C)CCCCC(=O)N(C)c1ccc(N/C(=C2\C(=O)Nc3cc(Cl)ccc32)c2ccc(CCC(=O)O)cc2)cc1. The Labute approximate surface area is 245 Å². The highest BCUT2D eigenvalue weighted by Gasteiger charge is 2.28. The first-order valence-electron chi connectivity index (χ1n) is 13.6. The Morgan fingerprint density at radius 2 is 1.63 bits per heavy atom. The summed E-state index contributed by atoms with van der Waals surface area (Å²) in [5.41, 5.74) is 5.63. The lowest BCUT2D eigenvalue weighted by molar-refractivity contribution is -0.137. The van der Waals surface area contributed by atoms with E-state index in [1.165, 1.54) is 0 Å². The molecule has 0 radical (unpaired) electrons. The molecule has 1 aliphatic heterocycles. The third kappa shape index (κ3) is 7.74. The standard InChI is InChI=1S/C32H35ClN4O4/c1-36(2)19-5-4-6-28(38)37(3)25-15-13-24(14-16-25)34-31(22-10-7-21(8-11-22)9-18-29(39)40)30-26-17-12-23(33)20-27(26)35-32(30)41/h7-8,10-17,20,34H,4-6,9,18-19H2,1-3H3,(H,35,41)(H,39,40)/b31-30-. The number of rotatable bonds is 12. The summed E-state index contributed by atoms with van der Waals surface area (Å²) in [6.07, 6.45) is 2.75. The predicted molar refractivity (Wildman–Crippen MR) is 165 cm³/mol. The molecule has 0 saturated carbocycles. The molecule has 0 spiro atoms. The second-order valence-electron chi connectivity index (χ2n) is 10.4. The minimum absolute atomic E-state index is 0.0431. The van der Waals surface area contributed by atoms with Gasteiger partial charge >= 0.3 is 5.97 Å². The summed E-state index contributed by atoms with van der Waals surface area (Å²) in [4.78, 5) is 40.7. The molecule has 0 atom stereocenters. The molecule has 0 unspecified atom stereocenters. The lowest BCUT2D eigenvalue weighted by Gasteiger charge is -2.19. The zero-order valence-corrected chi connectivity index (χ0v) is 24.3. The van der Waals surface area contributed by atoms with E-state index in [1.54, 1.807) is 24.1 Å². The molecule has 2 amide bonds. The lowest BCUT2D eigenvalue weighted by atomic mass is 9.98. The van der Waals surface area contributed by atoms with Gasteiger partial charge in [0, 0.05) is 41.9 Å². The first-order valence-corrected chi connectivity index (χ1v) is 13.9. The third-order valence-corrected chi connectivity index (χ3v) is 7.23. The van der Waals surface area contributed by atoms with Gasteiger partial charge < -0.3 is 25.5 Å². The van der Waals surface area contributed by atoms with Crippen LogP contribution in [0, 0.1) is 0 Å². The Bertz CT molecular complexity index is 1450. The van der Waals surface area contributed by atoms with Crippen LogP contribution >= 0.6 is 11.6 Å². The van der Waals surface area contributed by atoms with Crippen LogP contribution < -0.4 is 15.5 Å². The fraction of sp³-hybridized carbons (Fsp3) is 0.281. The summed E-state index contributed by atoms with van der Waals surface area (Å²) in [6, 6.07) is 20.3. The van der Waals surface area contributed by atoms with Crippen LogP contribution in [0.2, 0.25) is 5.02 Å². The zero-order valence-electron chi connectivity index (χ0n) is 23.5. The van der Waals surface area contributed by atoms with Gasteiger partial charge in [0.2, 0.25) is 5.91 Å². The van der Waals surface area contributed by atoms with Gasteiger partial charge in [-0.05, 0) is 87.4 Å². The van der Waals surface area contributed by atoms with E-state index in [2.05, 4.69) is 15.5 Å². The van der Waals surface area contributed by atoms with E-state index in [1.807, 2.05) is 68.7 Å². The predicted octanol–water partition coefficient (Wildman–Crippen LogP) is 5.98. The van der Waals surface area contributed by atoms with Gasteiger partial charge in [-0.1, -0.05) is 41.9 Å². The van der Waals surface area contributed by atoms with E-state index < -0.39 is 5.97 Å². The second kappa shape index (κ2) is 13.5. The van der Waals surface area contributed by atoms with Crippen molar-refractivity contribution in [1.29, 1.82) is 0 Å². The fourth-order valence-electron chi connectivity index (χ4n) is 4.69. The average Bonchev–Trinajstić information content (AvgIpc) is 3.27. The van der Waals surface area contributed by atoms with Gasteiger partial charge in [-0.2, -0.15) is 0 Å². The third-order valence-electron chi connectivity index (χ3n) is 6.99. The van der Waals surface area contributed by atoms with Gasteiger partial charge in [-0.25, -0.2) is 0 Å². The molecule has 1 aliphatic rings. The number of unbranched alkanes of at least 4 members (excludes halogenated alkanes) is 1. The highest BCUT2D eigenvalue weighted by Crippen LogP contribution is 2.39. The average molecular weight is 575 g/mol. The van der Waals surface area contributed by atoms with Crippen molar-refractivity contribution in [2.24, 2.45) is 0 Å². The molecule has 0 bridgehead atoms. The summed E-state index contributed by atoms with van der Waals surface area (Å²) >= 11 is 6.17. The molecule has 3 aromatic carbocycles. The quantitative estimate of drug-likeness (QED) is 0.182. The van der Waals surface area contributed by atoms with E-state index in [-0.39, 0.29) is 18.2 Å². The first kappa shape index (κ1) is 29.8. The van der Waals surface area contributed by atoms with Gasteiger partial charge in [-0.3, -0.25) is 14.4 Å². The fourth-order valence-corrected chi connectivity index (χ4v) is 4.86. The van der Waals surface area contributed by atoms with Crippen molar-refractivity contribution in [3.05, 3.63) is 88.4 Å². The Morgan fingerprint density at radius 1 is 0.927 bits per heavy atom. The summed E-state index contributed by atoms with van der Waals surface area (Å²) < 4.78 is 0. The minimum atomic E-state index is -0.850. The van der Waals surface area contributed by atoms with Crippen molar-refractivity contribution in [3.63, 3.8) is 0 Å². The van der Waals surface area contributed by atoms with Crippen LogP contribution in [0.1, 0.15) is 42.4 Å². The number of carboxylic acids is 1. The van der Waals surface area contributed by atoms with Crippen molar-refractivity contribution in [3.8, 4) is 0 Å². The number of fused-ring (bicyclic) bond motifs is 1. The number of benzene rings is 3. The molecule has 0 saturated heterocycles. The number of nitrogens with one attached hydrogen (secondary N) is 2. The maximum Gasteiger partial charge on any atom is 0.303 e. The number of nitrogens with zero attached hydrogens (tertiary/aromatic N) is 2. The van der Waals surface area contributed by atoms with Crippen molar-refractivity contribution in [1.82, 2.24) is 4.90 Å². The molecule has 214 valence electrons. The highest BCUT2D eigenvalue weighted by atomic mass is 35.5. The van der Waals surface area contributed by atoms with Crippen LogP contribution in [0.4, 0.5) is 17.1 Å². The summed E-state index contributed by atoms with van der Waals surface area (Å²) in [7, 11) is 5.83. The van der Waals surface area contributed by atoms with Gasteiger partial charge in [0.15, 0.2) is 0 Å². The maximum atomic E-state index is 13.2. The van der Waals surface area contributed by atoms with Crippen molar-refractivity contribution >= 4 is 57.7 Å². The van der Waals surface area contributed by atoms with E-state index in [9.17, 15) is 14.4 Å². The van der Waals surface area contributed by atoms with E-state index in [4.69, 9.17) is 16.7 Å². The van der Waals surface area contributed by atoms with Gasteiger partial charge in [0.25, 0.3) is 5.91 Å². The molecular weight excluding hydrogens is 540 g/mol. The van der Waals surface area contributed by atoms with Crippen LogP contribution in [0.15, 0.2) is 66.7 Å². The molecule has 4 rings (SSSR count). The molecular formula is C32H35ClN4O4. The summed E-state index contributed by atoms with van der Waals surface area (Å²) in [5, 5.41) is 15.9. The van der Waals surface area contributed by atoms with Crippen LogP contribution in [-0.4, -0.2) is 55.5 Å². The van der Waals surface area contributed by atoms with E-state index in [0.717, 1.165) is 47.5 Å². The topological polar surface area (TPSA) is 102 Å². The Morgan fingerprint density at radius 3 is 2.29 bits per heavy atom. The molecule has 41 heavy (non-hydrogen) atoms. The molecule has 3 aromatic rings. The number of amides is 2. The number of hydrogen-bond acceptors (Lipinski definition) is 5. The van der Waals surface area contributed by atoms with E-state index >= 15 is 0 Å². The highest BCUT2D eigenvalue weighted by molar-refractivity contribution is 6.38. The number of halogens is 1. The number of carbonyl (C=O) groups excluding carboxylic acids is 2. The van der Waals surface area contributed by atoms with Crippen LogP contribution in [0.25, 0.3) is 11.3 Å². The summed E-state index contributed by atoms with van der Waals surface area (Å²) in [6.45, 7) is 0.954. The van der Waals surface area contributed by atoms with Crippen molar-refractivity contribution in [2.75, 3.05) is 43.2 Å². The smallest absolute Gasteiger partial charge is 0.303 e. The Balaban J connectivity index is 1.60. The monoisotopic (exact) mass is 574 g/mol. The largest absolute Gasteiger partial charge is 0.481 e. The van der Waals surface area contributed by atoms with Crippen LogP contribution in [0.3, 0.4) is 0 Å². The lowest BCUT2D eigenvalue weighted by Crippen LogP contribution is -2.26. The normalized spacial score (nSPS) is 13.5. The van der Waals surface area contributed by atoms with E-state index in [0.29, 0.717) is 34.8 Å². The summed E-state index contributed by atoms with van der Waals surface area (Å²) in [5.74, 6) is -1.04. The molecule has 8 nitrogen and oxygen atoms in total. The van der Waals surface area contributed by atoms with Crippen LogP contribution in [-0.2, 0) is 20.8 Å². The van der Waals surface area contributed by atoms with Gasteiger partial charge in [0.05, 0.1) is 17.0 Å². The number of anilines is 3. The minimum Gasteiger partial charge on any atom is -0.481 e. The molecule has 1 heterocycles. The van der Waals surface area contributed by atoms with Gasteiger partial charge in [-0.15, -0.1) is 0 Å². The number of hydrogen-bond donors (Lipinski definition) is 3. The molecule has 0 aromatic heterocycles. The maximum absolute atomic E-state index is 13.2. The molecule has 3 N–H and O–H groups in total. The van der Waals surface area contributed by atoms with Crippen LogP contribution in [0.5, 0.6) is 0 Å². The Hall–Kier alpha value is -4.14. The second-order valence-corrected chi connectivity index (χ2v) is 10.8. The van der Waals surface area contributed by atoms with Crippen molar-refractivity contribution < 1.29 is 19.5 Å². The Kier molecular flexibility index (Phi) is 9.81. The molecule has 0 fully saturated rings. The van der Waals surface area contributed by atoms with Gasteiger partial charge in [0.1, 0.15) is 0 Å². The zero-order chi connectivity index (χ0) is 29.5. The molecule has 9 heteroatoms.